The van der Waals surface area contributed by atoms with Crippen LogP contribution in [-0.4, -0.2) is 23.3 Å². The van der Waals surface area contributed by atoms with E-state index in [1.165, 1.54) is 16.2 Å². The Hall–Kier alpha value is -0.680. The number of hydrogen-bond donors (Lipinski definition) is 0. The predicted molar refractivity (Wildman–Crippen MR) is 80.4 cm³/mol. The van der Waals surface area contributed by atoms with Crippen LogP contribution in [0.2, 0.25) is 0 Å². The molecule has 1 saturated heterocycles. The summed E-state index contributed by atoms with van der Waals surface area (Å²) in [6, 6.07) is 1.84. The van der Waals surface area contributed by atoms with Gasteiger partial charge in [0.1, 0.15) is 0 Å². The molecule has 0 N–H and O–H groups in total. The maximum Gasteiger partial charge on any atom is 0.270 e. The molecule has 0 aliphatic carbocycles. The van der Waals surface area contributed by atoms with E-state index < -0.39 is 0 Å². The maximum absolute atomic E-state index is 12.4. The summed E-state index contributed by atoms with van der Waals surface area (Å²) < 4.78 is 0.954. The summed E-state index contributed by atoms with van der Waals surface area (Å²) in [5.74, 6) is 0.0381. The highest BCUT2D eigenvalue weighted by Crippen LogP contribution is 2.36. The molecule has 1 atom stereocenters. The summed E-state index contributed by atoms with van der Waals surface area (Å²) in [4.78, 5) is 26.5. The molecule has 2 amide bonds. The van der Waals surface area contributed by atoms with Crippen molar-refractivity contribution in [3.63, 3.8) is 0 Å². The number of amides is 2. The van der Waals surface area contributed by atoms with Gasteiger partial charge >= 0.3 is 0 Å². The van der Waals surface area contributed by atoms with Gasteiger partial charge in [-0.15, -0.1) is 11.3 Å². The lowest BCUT2D eigenvalue weighted by atomic mass is 9.80. The Kier molecular flexibility index (Phi) is 3.89. The fourth-order valence-corrected chi connectivity index (χ4v) is 3.67. The van der Waals surface area contributed by atoms with E-state index in [4.69, 9.17) is 0 Å². The molecule has 19 heavy (non-hydrogen) atoms. The number of nitrogens with zero attached hydrogens (tertiary/aromatic N) is 1. The highest BCUT2D eigenvalue weighted by atomic mass is 79.9. The molecule has 2 rings (SSSR count). The van der Waals surface area contributed by atoms with Crippen LogP contribution in [0, 0.1) is 18.3 Å². The Morgan fingerprint density at radius 1 is 1.47 bits per heavy atom. The third-order valence-electron chi connectivity index (χ3n) is 3.66. The lowest BCUT2D eigenvalue weighted by Gasteiger charge is -2.25. The number of aryl methyl sites for hydroxylation is 1. The molecule has 1 aliphatic heterocycles. The summed E-state index contributed by atoms with van der Waals surface area (Å²) in [5.41, 5.74) is 1.09. The molecule has 0 saturated carbocycles. The summed E-state index contributed by atoms with van der Waals surface area (Å²) in [6.07, 6.45) is 0.473. The first-order valence-electron chi connectivity index (χ1n) is 6.30. The van der Waals surface area contributed by atoms with Crippen molar-refractivity contribution in [2.75, 3.05) is 6.54 Å². The minimum absolute atomic E-state index is 0.0490. The van der Waals surface area contributed by atoms with Crippen molar-refractivity contribution in [1.82, 2.24) is 4.90 Å². The molecule has 3 nitrogen and oxygen atoms in total. The van der Waals surface area contributed by atoms with Gasteiger partial charge in [0.25, 0.3) is 5.91 Å². The number of imide groups is 1. The van der Waals surface area contributed by atoms with Crippen molar-refractivity contribution in [2.45, 2.75) is 34.1 Å². The average Bonchev–Trinajstić information content (AvgIpc) is 2.82. The minimum atomic E-state index is -0.157. The van der Waals surface area contributed by atoms with Crippen molar-refractivity contribution in [3.8, 4) is 0 Å². The van der Waals surface area contributed by atoms with Crippen LogP contribution in [0.15, 0.2) is 9.85 Å². The lowest BCUT2D eigenvalue weighted by molar-refractivity contribution is -0.125. The Morgan fingerprint density at radius 3 is 2.53 bits per heavy atom. The van der Waals surface area contributed by atoms with Gasteiger partial charge in [0, 0.05) is 13.0 Å². The normalized spacial score (nSPS) is 20.2. The molecule has 2 heterocycles. The van der Waals surface area contributed by atoms with Crippen molar-refractivity contribution in [3.05, 3.63) is 20.3 Å². The predicted octanol–water partition coefficient (Wildman–Crippen LogP) is 3.85. The fraction of sp³-hybridized carbons (Fsp3) is 0.571. The van der Waals surface area contributed by atoms with Gasteiger partial charge in [-0.05, 0) is 45.8 Å². The quantitative estimate of drug-likeness (QED) is 0.726. The van der Waals surface area contributed by atoms with Gasteiger partial charge in [0.2, 0.25) is 5.91 Å². The molecule has 0 spiro atoms. The fourth-order valence-electron chi connectivity index (χ4n) is 2.18. The minimum Gasteiger partial charge on any atom is -0.277 e. The molecule has 1 unspecified atom stereocenters. The Labute approximate surface area is 126 Å². The second-order valence-corrected chi connectivity index (χ2v) is 8.51. The Balaban J connectivity index is 2.19. The van der Waals surface area contributed by atoms with Gasteiger partial charge in [-0.2, -0.15) is 0 Å². The molecular formula is C14H18BrNO2S. The molecule has 1 aliphatic rings. The number of carbonyl (C=O) groups excluding carboxylic acids is 2. The monoisotopic (exact) mass is 343 g/mol. The highest BCUT2D eigenvalue weighted by Gasteiger charge is 2.40. The summed E-state index contributed by atoms with van der Waals surface area (Å²) >= 11 is 4.81. The first-order valence-corrected chi connectivity index (χ1v) is 7.91. The van der Waals surface area contributed by atoms with Crippen molar-refractivity contribution in [1.29, 1.82) is 0 Å². The standard InChI is InChI=1S/C14H18BrNO2S/c1-8-5-10(19-12(8)15)13(18)16-7-9(6-11(16)17)14(2,3)4/h5,9H,6-7H2,1-4H3. The molecule has 1 fully saturated rings. The molecule has 0 aromatic carbocycles. The lowest BCUT2D eigenvalue weighted by Crippen LogP contribution is -2.33. The van der Waals surface area contributed by atoms with Crippen molar-refractivity contribution >= 4 is 39.1 Å². The van der Waals surface area contributed by atoms with E-state index in [-0.39, 0.29) is 23.1 Å². The molecule has 0 bridgehead atoms. The van der Waals surface area contributed by atoms with E-state index in [9.17, 15) is 9.59 Å². The van der Waals surface area contributed by atoms with Gasteiger partial charge < -0.3 is 0 Å². The number of thiophene rings is 1. The smallest absolute Gasteiger partial charge is 0.270 e. The number of halogens is 1. The second-order valence-electron chi connectivity index (χ2n) is 6.14. The summed E-state index contributed by atoms with van der Waals surface area (Å²) in [5, 5.41) is 0. The van der Waals surface area contributed by atoms with Gasteiger partial charge in [-0.3, -0.25) is 14.5 Å². The topological polar surface area (TPSA) is 37.4 Å². The average molecular weight is 344 g/mol. The van der Waals surface area contributed by atoms with Crippen LogP contribution < -0.4 is 0 Å². The van der Waals surface area contributed by atoms with Crippen LogP contribution in [-0.2, 0) is 4.79 Å². The first-order chi connectivity index (χ1) is 8.70. The van der Waals surface area contributed by atoms with E-state index in [0.29, 0.717) is 17.8 Å². The zero-order chi connectivity index (χ0) is 14.4. The van der Waals surface area contributed by atoms with Crippen molar-refractivity contribution < 1.29 is 9.59 Å². The number of likely N-dealkylation sites (tertiary alicyclic amines) is 1. The van der Waals surface area contributed by atoms with E-state index in [2.05, 4.69) is 36.7 Å². The third-order valence-corrected chi connectivity index (χ3v) is 5.79. The van der Waals surface area contributed by atoms with Gasteiger partial charge in [-0.25, -0.2) is 0 Å². The van der Waals surface area contributed by atoms with Crippen LogP contribution in [0.25, 0.3) is 0 Å². The highest BCUT2D eigenvalue weighted by molar-refractivity contribution is 9.11. The maximum atomic E-state index is 12.4. The Bertz CT molecular complexity index is 511. The number of rotatable bonds is 1. The zero-order valence-corrected chi connectivity index (χ0v) is 14.0. The van der Waals surface area contributed by atoms with Crippen molar-refractivity contribution in [2.24, 2.45) is 11.3 Å². The largest absolute Gasteiger partial charge is 0.277 e. The Morgan fingerprint density at radius 2 is 2.11 bits per heavy atom. The van der Waals surface area contributed by atoms with Gasteiger partial charge in [0.05, 0.1) is 8.66 Å². The summed E-state index contributed by atoms with van der Waals surface area (Å²) in [7, 11) is 0. The van der Waals surface area contributed by atoms with E-state index in [1.807, 2.05) is 13.0 Å². The molecule has 1 aromatic rings. The molecule has 0 radical (unpaired) electrons. The van der Waals surface area contributed by atoms with Crippen LogP contribution in [0.4, 0.5) is 0 Å². The zero-order valence-electron chi connectivity index (χ0n) is 11.6. The SMILES string of the molecule is Cc1cc(C(=O)N2CC(C(C)(C)C)CC2=O)sc1Br. The first kappa shape index (κ1) is 14.7. The molecule has 1 aromatic heterocycles. The van der Waals surface area contributed by atoms with E-state index >= 15 is 0 Å². The summed E-state index contributed by atoms with van der Waals surface area (Å²) in [6.45, 7) is 8.83. The van der Waals surface area contributed by atoms with Gasteiger partial charge in [-0.1, -0.05) is 20.8 Å². The molecule has 104 valence electrons. The third kappa shape index (κ3) is 2.92. The van der Waals surface area contributed by atoms with E-state index in [0.717, 1.165) is 9.35 Å². The van der Waals surface area contributed by atoms with Crippen LogP contribution in [0.5, 0.6) is 0 Å². The van der Waals surface area contributed by atoms with Crippen LogP contribution in [0.1, 0.15) is 42.4 Å². The van der Waals surface area contributed by atoms with E-state index in [1.54, 1.807) is 0 Å². The van der Waals surface area contributed by atoms with Crippen LogP contribution in [0.3, 0.4) is 0 Å². The van der Waals surface area contributed by atoms with Gasteiger partial charge in [0.15, 0.2) is 0 Å². The number of hydrogen-bond acceptors (Lipinski definition) is 3. The number of carbonyl (C=O) groups is 2. The molecule has 5 heteroatoms. The van der Waals surface area contributed by atoms with Crippen LogP contribution >= 0.6 is 27.3 Å². The molecular weight excluding hydrogens is 326 g/mol. The second kappa shape index (κ2) is 5.02.